The third-order valence-electron chi connectivity index (χ3n) is 3.58. The molecule has 1 aliphatic carbocycles. The average molecular weight is 281 g/mol. The summed E-state index contributed by atoms with van der Waals surface area (Å²) < 4.78 is 4.38. The molecule has 1 N–H and O–H groups in total. The van der Waals surface area contributed by atoms with Gasteiger partial charge in [0.1, 0.15) is 4.33 Å². The van der Waals surface area contributed by atoms with Crippen LogP contribution >= 0.6 is 23.2 Å². The van der Waals surface area contributed by atoms with Crippen LogP contribution in [0.25, 0.3) is 0 Å². The Hall–Kier alpha value is -0.0300. The van der Waals surface area contributed by atoms with Gasteiger partial charge < -0.3 is 10.1 Å². The maximum atomic E-state index is 11.9. The van der Waals surface area contributed by atoms with Crippen LogP contribution in [0.1, 0.15) is 13.3 Å². The Bertz CT molecular complexity index is 306. The van der Waals surface area contributed by atoms with Gasteiger partial charge in [-0.05, 0) is 13.3 Å². The van der Waals surface area contributed by atoms with Gasteiger partial charge in [-0.15, -0.1) is 23.2 Å². The Morgan fingerprint density at radius 1 is 1.41 bits per heavy atom. The zero-order valence-corrected chi connectivity index (χ0v) is 11.5. The number of hydrogen-bond donors (Lipinski definition) is 1. The highest BCUT2D eigenvalue weighted by Gasteiger charge is 2.67. The predicted molar refractivity (Wildman–Crippen MR) is 67.4 cm³/mol. The molecule has 0 radical (unpaired) electrons. The molecule has 2 fully saturated rings. The van der Waals surface area contributed by atoms with Crippen molar-refractivity contribution in [3.63, 3.8) is 0 Å². The lowest BCUT2D eigenvalue weighted by atomic mass is 10.1. The Balaban J connectivity index is 1.67. The van der Waals surface area contributed by atoms with Gasteiger partial charge in [-0.3, -0.25) is 9.69 Å². The number of carbonyl (C=O) groups is 1. The highest BCUT2D eigenvalue weighted by Crippen LogP contribution is 2.63. The standard InChI is InChI=1S/C11H18Cl2N2O2/c1-10(8-11(10,12)13)9(16)14-2-3-15-4-6-17-7-5-15/h2-8H2,1H3,(H,14,16). The van der Waals surface area contributed by atoms with Crippen molar-refractivity contribution >= 4 is 29.1 Å². The summed E-state index contributed by atoms with van der Waals surface area (Å²) in [6.07, 6.45) is 0.534. The number of halogens is 2. The van der Waals surface area contributed by atoms with Gasteiger partial charge in [0.2, 0.25) is 5.91 Å². The van der Waals surface area contributed by atoms with Gasteiger partial charge in [0, 0.05) is 26.2 Å². The van der Waals surface area contributed by atoms with Crippen LogP contribution in [0.3, 0.4) is 0 Å². The Morgan fingerprint density at radius 2 is 2.00 bits per heavy atom. The summed E-state index contributed by atoms with van der Waals surface area (Å²) in [5, 5.41) is 2.90. The van der Waals surface area contributed by atoms with Crippen molar-refractivity contribution in [1.82, 2.24) is 10.2 Å². The van der Waals surface area contributed by atoms with E-state index in [1.54, 1.807) is 6.92 Å². The van der Waals surface area contributed by atoms with E-state index in [2.05, 4.69) is 10.2 Å². The van der Waals surface area contributed by atoms with E-state index in [1.165, 1.54) is 0 Å². The van der Waals surface area contributed by atoms with E-state index < -0.39 is 9.75 Å². The fourth-order valence-corrected chi connectivity index (χ4v) is 2.70. The number of rotatable bonds is 4. The number of amides is 1. The van der Waals surface area contributed by atoms with E-state index in [0.29, 0.717) is 13.0 Å². The van der Waals surface area contributed by atoms with Gasteiger partial charge in [0.15, 0.2) is 0 Å². The number of hydrogen-bond acceptors (Lipinski definition) is 3. The van der Waals surface area contributed by atoms with Crippen molar-refractivity contribution in [3.05, 3.63) is 0 Å². The van der Waals surface area contributed by atoms with Gasteiger partial charge in [-0.1, -0.05) is 0 Å². The van der Waals surface area contributed by atoms with Crippen molar-refractivity contribution in [2.45, 2.75) is 17.7 Å². The number of nitrogens with one attached hydrogen (secondary N) is 1. The fourth-order valence-electron chi connectivity index (χ4n) is 1.99. The van der Waals surface area contributed by atoms with Crippen LogP contribution in [0.5, 0.6) is 0 Å². The first kappa shape index (κ1) is 13.4. The van der Waals surface area contributed by atoms with E-state index in [9.17, 15) is 4.79 Å². The molecule has 2 aliphatic rings. The lowest BCUT2D eigenvalue weighted by Crippen LogP contribution is -2.43. The van der Waals surface area contributed by atoms with Crippen LogP contribution in [0.4, 0.5) is 0 Å². The molecule has 1 aliphatic heterocycles. The van der Waals surface area contributed by atoms with E-state index >= 15 is 0 Å². The lowest BCUT2D eigenvalue weighted by Gasteiger charge is -2.26. The van der Waals surface area contributed by atoms with Crippen molar-refractivity contribution in [2.75, 3.05) is 39.4 Å². The topological polar surface area (TPSA) is 41.6 Å². The Labute approximate surface area is 112 Å². The SMILES string of the molecule is CC1(C(=O)NCCN2CCOCC2)CC1(Cl)Cl. The molecule has 0 aromatic rings. The fraction of sp³-hybridized carbons (Fsp3) is 0.909. The average Bonchev–Trinajstić information content (AvgIpc) is 2.81. The third-order valence-corrected chi connectivity index (χ3v) is 4.68. The molecule has 0 bridgehead atoms. The minimum Gasteiger partial charge on any atom is -0.379 e. The third kappa shape index (κ3) is 2.87. The van der Waals surface area contributed by atoms with Gasteiger partial charge in [-0.2, -0.15) is 0 Å². The largest absolute Gasteiger partial charge is 0.379 e. The van der Waals surface area contributed by atoms with E-state index in [0.717, 1.165) is 32.8 Å². The number of carbonyl (C=O) groups excluding carboxylic acids is 1. The number of nitrogens with zero attached hydrogens (tertiary/aromatic N) is 1. The summed E-state index contributed by atoms with van der Waals surface area (Å²) in [5.41, 5.74) is -0.610. The summed E-state index contributed by atoms with van der Waals surface area (Å²) >= 11 is 11.9. The van der Waals surface area contributed by atoms with Crippen LogP contribution in [0, 0.1) is 5.41 Å². The summed E-state index contributed by atoms with van der Waals surface area (Å²) in [7, 11) is 0. The normalized spacial score (nSPS) is 32.2. The molecule has 0 aromatic heterocycles. The van der Waals surface area contributed by atoms with Gasteiger partial charge in [0.05, 0.1) is 18.6 Å². The van der Waals surface area contributed by atoms with Crippen LogP contribution in [0.15, 0.2) is 0 Å². The molecule has 1 saturated heterocycles. The smallest absolute Gasteiger partial charge is 0.229 e. The molecule has 98 valence electrons. The molecule has 0 spiro atoms. The van der Waals surface area contributed by atoms with Crippen LogP contribution in [-0.4, -0.2) is 54.5 Å². The zero-order valence-electron chi connectivity index (χ0n) is 9.97. The first-order valence-corrected chi connectivity index (χ1v) is 6.67. The Kier molecular flexibility index (Phi) is 3.88. The molecule has 6 heteroatoms. The molecule has 1 saturated carbocycles. The molecule has 2 rings (SSSR count). The minimum atomic E-state index is -0.879. The summed E-state index contributed by atoms with van der Waals surface area (Å²) in [4.78, 5) is 14.1. The summed E-state index contributed by atoms with van der Waals surface area (Å²) in [5.74, 6) is -0.0456. The number of morpholine rings is 1. The second-order valence-corrected chi connectivity index (χ2v) is 6.41. The maximum absolute atomic E-state index is 11.9. The highest BCUT2D eigenvalue weighted by atomic mass is 35.5. The first-order chi connectivity index (χ1) is 7.96. The Morgan fingerprint density at radius 3 is 2.53 bits per heavy atom. The van der Waals surface area contributed by atoms with E-state index in [1.807, 2.05) is 0 Å². The molecule has 1 unspecified atom stereocenters. The van der Waals surface area contributed by atoms with Crippen LogP contribution in [0.2, 0.25) is 0 Å². The van der Waals surface area contributed by atoms with Crippen LogP contribution < -0.4 is 5.32 Å². The molecular weight excluding hydrogens is 263 g/mol. The molecular formula is C11H18Cl2N2O2. The highest BCUT2D eigenvalue weighted by molar-refractivity contribution is 6.53. The second-order valence-electron chi connectivity index (χ2n) is 4.92. The summed E-state index contributed by atoms with van der Waals surface area (Å²) in [6.45, 7) is 6.71. The number of alkyl halides is 2. The predicted octanol–water partition coefficient (Wildman–Crippen LogP) is 1.02. The van der Waals surface area contributed by atoms with Crippen molar-refractivity contribution in [2.24, 2.45) is 5.41 Å². The zero-order chi connectivity index (χ0) is 12.5. The monoisotopic (exact) mass is 280 g/mol. The van der Waals surface area contributed by atoms with Gasteiger partial charge in [-0.25, -0.2) is 0 Å². The number of ether oxygens (including phenoxy) is 1. The lowest BCUT2D eigenvalue weighted by molar-refractivity contribution is -0.125. The van der Waals surface area contributed by atoms with Crippen molar-refractivity contribution in [3.8, 4) is 0 Å². The van der Waals surface area contributed by atoms with Crippen molar-refractivity contribution < 1.29 is 9.53 Å². The van der Waals surface area contributed by atoms with Gasteiger partial charge >= 0.3 is 0 Å². The molecule has 1 amide bonds. The maximum Gasteiger partial charge on any atom is 0.229 e. The minimum absolute atomic E-state index is 0.0456. The van der Waals surface area contributed by atoms with E-state index in [-0.39, 0.29) is 5.91 Å². The first-order valence-electron chi connectivity index (χ1n) is 5.92. The van der Waals surface area contributed by atoms with Crippen molar-refractivity contribution in [1.29, 1.82) is 0 Å². The van der Waals surface area contributed by atoms with Gasteiger partial charge in [0.25, 0.3) is 0 Å². The summed E-state index contributed by atoms with van der Waals surface area (Å²) in [6, 6.07) is 0. The molecule has 17 heavy (non-hydrogen) atoms. The molecule has 1 atom stereocenters. The molecule has 4 nitrogen and oxygen atoms in total. The van der Waals surface area contributed by atoms with Crippen LogP contribution in [-0.2, 0) is 9.53 Å². The van der Waals surface area contributed by atoms with E-state index in [4.69, 9.17) is 27.9 Å². The quantitative estimate of drug-likeness (QED) is 0.782. The molecule has 1 heterocycles. The molecule has 0 aromatic carbocycles. The second kappa shape index (κ2) is 4.92.